The van der Waals surface area contributed by atoms with Crippen LogP contribution in [0.4, 0.5) is 39.5 Å². The number of hydrogen-bond acceptors (Lipinski definition) is 3. The molecule has 0 unspecified atom stereocenters. The van der Waals surface area contributed by atoms with Crippen LogP contribution < -0.4 is 10.1 Å². The molecule has 0 saturated carbocycles. The lowest BCUT2D eigenvalue weighted by Gasteiger charge is -2.38. The fourth-order valence-corrected chi connectivity index (χ4v) is 4.07. The van der Waals surface area contributed by atoms with E-state index < -0.39 is 59.8 Å². The number of benzene rings is 3. The highest BCUT2D eigenvalue weighted by Gasteiger charge is 2.45. The van der Waals surface area contributed by atoms with Crippen molar-refractivity contribution in [1.82, 2.24) is 5.32 Å². The Labute approximate surface area is 222 Å². The van der Waals surface area contributed by atoms with E-state index in [2.05, 4.69) is 10.1 Å². The fraction of sp³-hybridized carbons (Fsp3) is 0.308. The van der Waals surface area contributed by atoms with Crippen molar-refractivity contribution in [2.75, 3.05) is 12.4 Å². The molecule has 3 rings (SSSR count). The van der Waals surface area contributed by atoms with E-state index in [9.17, 15) is 44.6 Å². The monoisotopic (exact) mass is 585 g/mol. The molecular weight excluding hydrogens is 565 g/mol. The van der Waals surface area contributed by atoms with Gasteiger partial charge in [-0.25, -0.2) is 8.78 Å². The lowest BCUT2D eigenvalue weighted by atomic mass is 9.77. The lowest BCUT2D eigenvalue weighted by molar-refractivity contribution is -0.253. The van der Waals surface area contributed by atoms with E-state index in [1.165, 1.54) is 0 Å². The molecule has 3 aromatic carbocycles. The van der Waals surface area contributed by atoms with Crippen LogP contribution in [0, 0.1) is 11.6 Å². The lowest BCUT2D eigenvalue weighted by Crippen LogP contribution is -2.49. The number of ether oxygens (including phenoxy) is 1. The van der Waals surface area contributed by atoms with E-state index in [-0.39, 0.29) is 23.4 Å². The second-order valence-corrected chi connectivity index (χ2v) is 8.90. The standard InChI is InChI=1S/C26H21ClF9NO2/c27-13-19(38)14-37-24(12-15-4-2-1-3-5-15,16-6-7-22(29)21(10-16)25(32,33)34)17-8-18(28)11-20(9-17)39-26(35,36)23(30)31/h1-11,19,23,37-38H,12-14H2/t19-,24+/m0/s1. The highest BCUT2D eigenvalue weighted by Crippen LogP contribution is 2.40. The summed E-state index contributed by atoms with van der Waals surface area (Å²) in [5.74, 6) is -4.24. The molecule has 39 heavy (non-hydrogen) atoms. The van der Waals surface area contributed by atoms with Gasteiger partial charge in [0.15, 0.2) is 0 Å². The van der Waals surface area contributed by atoms with Crippen LogP contribution in [0.1, 0.15) is 22.3 Å². The molecule has 0 fully saturated rings. The van der Waals surface area contributed by atoms with Crippen molar-refractivity contribution in [3.8, 4) is 5.75 Å². The van der Waals surface area contributed by atoms with Crippen LogP contribution in [0.3, 0.4) is 0 Å². The molecule has 0 aromatic heterocycles. The summed E-state index contributed by atoms with van der Waals surface area (Å²) in [6.45, 7) is -0.408. The van der Waals surface area contributed by atoms with Gasteiger partial charge < -0.3 is 15.2 Å². The van der Waals surface area contributed by atoms with Gasteiger partial charge in [-0.05, 0) is 47.4 Å². The number of aliphatic hydroxyl groups is 1. The fourth-order valence-electron chi connectivity index (χ4n) is 3.96. The highest BCUT2D eigenvalue weighted by molar-refractivity contribution is 6.18. The first-order valence-electron chi connectivity index (χ1n) is 11.2. The van der Waals surface area contributed by atoms with Crippen molar-refractivity contribution < 1.29 is 49.4 Å². The number of aliphatic hydroxyl groups excluding tert-OH is 1. The molecule has 2 N–H and O–H groups in total. The summed E-state index contributed by atoms with van der Waals surface area (Å²) in [6, 6.07) is 11.8. The molecule has 0 amide bonds. The van der Waals surface area contributed by atoms with Crippen molar-refractivity contribution >= 4 is 11.6 Å². The number of alkyl halides is 8. The minimum Gasteiger partial charge on any atom is -0.428 e. The molecular formula is C26H21ClF9NO2. The number of hydrogen-bond donors (Lipinski definition) is 2. The Hall–Kier alpha value is -2.96. The van der Waals surface area contributed by atoms with Crippen molar-refractivity contribution in [2.45, 2.75) is 36.8 Å². The van der Waals surface area contributed by atoms with Crippen molar-refractivity contribution in [1.29, 1.82) is 0 Å². The molecule has 13 heteroatoms. The van der Waals surface area contributed by atoms with Crippen LogP contribution in [0.2, 0.25) is 0 Å². The Bertz CT molecular complexity index is 1260. The van der Waals surface area contributed by atoms with Crippen molar-refractivity contribution in [2.24, 2.45) is 0 Å². The summed E-state index contributed by atoms with van der Waals surface area (Å²) >= 11 is 5.67. The van der Waals surface area contributed by atoms with E-state index in [4.69, 9.17) is 11.6 Å². The van der Waals surface area contributed by atoms with Crippen LogP contribution in [-0.2, 0) is 18.1 Å². The van der Waals surface area contributed by atoms with Gasteiger partial charge in [0.25, 0.3) is 0 Å². The predicted molar refractivity (Wildman–Crippen MR) is 125 cm³/mol. The largest absolute Gasteiger partial charge is 0.461 e. The van der Waals surface area contributed by atoms with Crippen molar-refractivity contribution in [3.05, 3.63) is 101 Å². The van der Waals surface area contributed by atoms with E-state index >= 15 is 0 Å². The molecule has 0 saturated heterocycles. The molecule has 0 heterocycles. The first-order chi connectivity index (χ1) is 18.2. The molecule has 0 aliphatic carbocycles. The molecule has 212 valence electrons. The van der Waals surface area contributed by atoms with Crippen LogP contribution in [0.5, 0.6) is 5.75 Å². The number of halogens is 10. The second-order valence-electron chi connectivity index (χ2n) is 8.59. The van der Waals surface area contributed by atoms with Crippen LogP contribution in [-0.4, -0.2) is 36.2 Å². The van der Waals surface area contributed by atoms with Crippen molar-refractivity contribution in [3.63, 3.8) is 0 Å². The Morgan fingerprint density at radius 2 is 1.54 bits per heavy atom. The summed E-state index contributed by atoms with van der Waals surface area (Å²) in [5.41, 5.74) is -3.85. The van der Waals surface area contributed by atoms with Gasteiger partial charge in [0, 0.05) is 18.5 Å². The van der Waals surface area contributed by atoms with Crippen LogP contribution >= 0.6 is 11.6 Å². The van der Waals surface area contributed by atoms with Gasteiger partial charge in [-0.2, -0.15) is 30.7 Å². The third-order valence-corrected chi connectivity index (χ3v) is 6.12. The minimum atomic E-state index is -5.15. The highest BCUT2D eigenvalue weighted by atomic mass is 35.5. The molecule has 3 nitrogen and oxygen atoms in total. The Balaban J connectivity index is 2.33. The van der Waals surface area contributed by atoms with Crippen LogP contribution in [0.25, 0.3) is 0 Å². The van der Waals surface area contributed by atoms with E-state index in [1.54, 1.807) is 30.3 Å². The number of nitrogens with one attached hydrogen (secondary N) is 1. The summed E-state index contributed by atoms with van der Waals surface area (Å²) < 4.78 is 127. The third kappa shape index (κ3) is 7.37. The third-order valence-electron chi connectivity index (χ3n) is 5.77. The first-order valence-corrected chi connectivity index (χ1v) is 11.8. The zero-order valence-corrected chi connectivity index (χ0v) is 20.5. The van der Waals surface area contributed by atoms with Crippen LogP contribution in [0.15, 0.2) is 66.7 Å². The maximum atomic E-state index is 14.7. The molecule has 0 aliphatic heterocycles. The van der Waals surface area contributed by atoms with Gasteiger partial charge in [-0.3, -0.25) is 0 Å². The van der Waals surface area contributed by atoms with Gasteiger partial charge in [-0.15, -0.1) is 11.6 Å². The van der Waals surface area contributed by atoms with Gasteiger partial charge in [0.1, 0.15) is 17.4 Å². The Morgan fingerprint density at radius 3 is 2.13 bits per heavy atom. The normalized spacial score (nSPS) is 14.8. The van der Waals surface area contributed by atoms with E-state index in [0.29, 0.717) is 23.8 Å². The Kier molecular flexibility index (Phi) is 9.45. The smallest absolute Gasteiger partial charge is 0.428 e. The number of rotatable bonds is 11. The predicted octanol–water partition coefficient (Wildman–Crippen LogP) is 6.90. The van der Waals surface area contributed by atoms with Gasteiger partial charge >= 0.3 is 18.7 Å². The molecule has 3 aromatic rings. The summed E-state index contributed by atoms with van der Waals surface area (Å²) in [4.78, 5) is 0. The molecule has 0 spiro atoms. The molecule has 2 atom stereocenters. The average molecular weight is 586 g/mol. The zero-order valence-electron chi connectivity index (χ0n) is 19.8. The second kappa shape index (κ2) is 12.1. The topological polar surface area (TPSA) is 41.5 Å². The minimum absolute atomic E-state index is 0.292. The van der Waals surface area contributed by atoms with Gasteiger partial charge in [0.05, 0.1) is 17.2 Å². The maximum absolute atomic E-state index is 14.7. The maximum Gasteiger partial charge on any atom is 0.461 e. The molecule has 0 aliphatic rings. The summed E-state index contributed by atoms with van der Waals surface area (Å²) in [5, 5.41) is 12.9. The summed E-state index contributed by atoms with van der Waals surface area (Å²) in [6.07, 6.45) is -16.0. The quantitative estimate of drug-likeness (QED) is 0.190. The first kappa shape index (κ1) is 30.6. The summed E-state index contributed by atoms with van der Waals surface area (Å²) in [7, 11) is 0. The Morgan fingerprint density at radius 1 is 0.872 bits per heavy atom. The van der Waals surface area contributed by atoms with E-state index in [1.807, 2.05) is 0 Å². The van der Waals surface area contributed by atoms with Gasteiger partial charge in [-0.1, -0.05) is 36.4 Å². The SMILES string of the molecule is O[C@@H](CCl)CN[C@@](Cc1ccccc1)(c1cc(F)cc(OC(F)(F)C(F)F)c1)c1ccc(F)c(C(F)(F)F)c1. The van der Waals surface area contributed by atoms with E-state index in [0.717, 1.165) is 18.2 Å². The average Bonchev–Trinajstić information content (AvgIpc) is 2.85. The molecule has 0 radical (unpaired) electrons. The zero-order chi connectivity index (χ0) is 29.0. The van der Waals surface area contributed by atoms with Gasteiger partial charge in [0.2, 0.25) is 0 Å². The molecule has 0 bridgehead atoms.